The standard InChI is InChI=1S/C14H27NO4/c16-9-11-13(18)14(19)12(17)8-15(11)7-6-10-4-2-1-3-5-10/h10-14,16-19H,1-9H2/t11-,12-,13+,14+/m0/s1. The summed E-state index contributed by atoms with van der Waals surface area (Å²) >= 11 is 0. The predicted molar refractivity (Wildman–Crippen MR) is 71.7 cm³/mol. The third-order valence-corrected chi connectivity index (χ3v) is 4.77. The van der Waals surface area contributed by atoms with Crippen molar-refractivity contribution in [3.63, 3.8) is 0 Å². The Morgan fingerprint density at radius 3 is 2.26 bits per heavy atom. The largest absolute Gasteiger partial charge is 0.395 e. The van der Waals surface area contributed by atoms with Crippen LogP contribution in [0.3, 0.4) is 0 Å². The van der Waals surface area contributed by atoms with Gasteiger partial charge in [0.1, 0.15) is 12.2 Å². The number of hydrogen-bond donors (Lipinski definition) is 4. The average molecular weight is 273 g/mol. The van der Waals surface area contributed by atoms with E-state index >= 15 is 0 Å². The van der Waals surface area contributed by atoms with Crippen LogP contribution in [0.1, 0.15) is 38.5 Å². The third kappa shape index (κ3) is 3.67. The quantitative estimate of drug-likeness (QED) is 0.566. The van der Waals surface area contributed by atoms with Gasteiger partial charge in [-0.3, -0.25) is 4.90 Å². The minimum atomic E-state index is -1.15. The van der Waals surface area contributed by atoms with E-state index < -0.39 is 24.4 Å². The summed E-state index contributed by atoms with van der Waals surface area (Å²) in [4.78, 5) is 1.93. The van der Waals surface area contributed by atoms with Gasteiger partial charge in [0.2, 0.25) is 0 Å². The second kappa shape index (κ2) is 6.99. The number of hydrogen-bond acceptors (Lipinski definition) is 5. The van der Waals surface area contributed by atoms with Crippen molar-refractivity contribution in [3.05, 3.63) is 0 Å². The van der Waals surface area contributed by atoms with Crippen molar-refractivity contribution in [2.45, 2.75) is 62.9 Å². The van der Waals surface area contributed by atoms with Crippen LogP contribution < -0.4 is 0 Å². The van der Waals surface area contributed by atoms with Crippen molar-refractivity contribution < 1.29 is 20.4 Å². The van der Waals surface area contributed by atoms with Gasteiger partial charge in [0.25, 0.3) is 0 Å². The van der Waals surface area contributed by atoms with Gasteiger partial charge in [-0.2, -0.15) is 0 Å². The maximum absolute atomic E-state index is 9.90. The lowest BCUT2D eigenvalue weighted by atomic mass is 9.86. The molecule has 112 valence electrons. The molecule has 4 atom stereocenters. The van der Waals surface area contributed by atoms with Crippen molar-refractivity contribution in [2.75, 3.05) is 19.7 Å². The van der Waals surface area contributed by atoms with E-state index in [9.17, 15) is 20.4 Å². The molecular formula is C14H27NO4. The summed E-state index contributed by atoms with van der Waals surface area (Å²) in [5.41, 5.74) is 0. The van der Waals surface area contributed by atoms with Crippen LogP contribution in [0.15, 0.2) is 0 Å². The fraction of sp³-hybridized carbons (Fsp3) is 1.00. The van der Waals surface area contributed by atoms with Gasteiger partial charge in [0.15, 0.2) is 0 Å². The zero-order valence-corrected chi connectivity index (χ0v) is 11.5. The summed E-state index contributed by atoms with van der Waals surface area (Å²) in [6, 6.07) is -0.456. The van der Waals surface area contributed by atoms with Crippen LogP contribution in [0.2, 0.25) is 0 Å². The molecular weight excluding hydrogens is 246 g/mol. The molecule has 0 spiro atoms. The SMILES string of the molecule is OC[C@H]1[C@@H](O)[C@H](O)[C@@H](O)CN1CCC1CCCCC1. The molecule has 1 saturated carbocycles. The van der Waals surface area contributed by atoms with Crippen LogP contribution >= 0.6 is 0 Å². The molecule has 0 aromatic heterocycles. The van der Waals surface area contributed by atoms with E-state index in [1.54, 1.807) is 0 Å². The van der Waals surface area contributed by atoms with Crippen LogP contribution in [-0.2, 0) is 0 Å². The molecule has 5 nitrogen and oxygen atoms in total. The number of aliphatic hydroxyl groups excluding tert-OH is 4. The van der Waals surface area contributed by atoms with E-state index in [4.69, 9.17) is 0 Å². The Morgan fingerprint density at radius 1 is 0.947 bits per heavy atom. The molecule has 1 heterocycles. The lowest BCUT2D eigenvalue weighted by molar-refractivity contribution is -0.145. The third-order valence-electron chi connectivity index (χ3n) is 4.77. The highest BCUT2D eigenvalue weighted by Crippen LogP contribution is 2.27. The Labute approximate surface area is 114 Å². The normalized spacial score (nSPS) is 38.5. The molecule has 0 aromatic carbocycles. The first-order valence-electron chi connectivity index (χ1n) is 7.52. The van der Waals surface area contributed by atoms with Crippen molar-refractivity contribution in [3.8, 4) is 0 Å². The fourth-order valence-electron chi connectivity index (χ4n) is 3.46. The molecule has 0 bridgehead atoms. The molecule has 2 rings (SSSR count). The van der Waals surface area contributed by atoms with Gasteiger partial charge in [0.05, 0.1) is 18.8 Å². The molecule has 1 aliphatic carbocycles. The number of nitrogens with zero attached hydrogens (tertiary/aromatic N) is 1. The first kappa shape index (κ1) is 15.2. The Morgan fingerprint density at radius 2 is 1.63 bits per heavy atom. The number of β-amino-alcohol motifs (C(OH)–C–C–N with tert-alkyl or cyclic N) is 1. The van der Waals surface area contributed by atoms with Crippen LogP contribution in [-0.4, -0.2) is 69.4 Å². The van der Waals surface area contributed by atoms with E-state index in [1.807, 2.05) is 4.90 Å². The minimum Gasteiger partial charge on any atom is -0.395 e. The molecule has 0 aromatic rings. The predicted octanol–water partition coefficient (Wildman–Crippen LogP) is -0.284. The highest BCUT2D eigenvalue weighted by Gasteiger charge is 2.40. The lowest BCUT2D eigenvalue weighted by Crippen LogP contribution is -2.62. The van der Waals surface area contributed by atoms with Gasteiger partial charge in [-0.05, 0) is 18.9 Å². The van der Waals surface area contributed by atoms with Crippen molar-refractivity contribution >= 4 is 0 Å². The van der Waals surface area contributed by atoms with Crippen molar-refractivity contribution in [2.24, 2.45) is 5.92 Å². The molecule has 0 radical (unpaired) electrons. The van der Waals surface area contributed by atoms with Crippen LogP contribution in [0.25, 0.3) is 0 Å². The highest BCUT2D eigenvalue weighted by atomic mass is 16.4. The number of piperidine rings is 1. The van der Waals surface area contributed by atoms with E-state index in [0.29, 0.717) is 6.54 Å². The average Bonchev–Trinajstić information content (AvgIpc) is 2.44. The van der Waals surface area contributed by atoms with Crippen LogP contribution in [0.4, 0.5) is 0 Å². The lowest BCUT2D eigenvalue weighted by Gasteiger charge is -2.43. The molecule has 1 aliphatic heterocycles. The summed E-state index contributed by atoms with van der Waals surface area (Å²) in [5, 5.41) is 38.7. The van der Waals surface area contributed by atoms with Gasteiger partial charge >= 0.3 is 0 Å². The summed E-state index contributed by atoms with van der Waals surface area (Å²) in [6.45, 7) is 0.919. The summed E-state index contributed by atoms with van der Waals surface area (Å²) in [6.07, 6.45) is 4.38. The highest BCUT2D eigenvalue weighted by molar-refractivity contribution is 4.94. The number of rotatable bonds is 4. The summed E-state index contributed by atoms with van der Waals surface area (Å²) in [5.74, 6) is 0.731. The van der Waals surface area contributed by atoms with E-state index in [-0.39, 0.29) is 6.61 Å². The Kier molecular flexibility index (Phi) is 5.59. The molecule has 2 fully saturated rings. The molecule has 19 heavy (non-hydrogen) atoms. The molecule has 4 N–H and O–H groups in total. The van der Waals surface area contributed by atoms with Gasteiger partial charge in [-0.1, -0.05) is 32.1 Å². The fourth-order valence-corrected chi connectivity index (χ4v) is 3.46. The summed E-state index contributed by atoms with van der Waals surface area (Å²) < 4.78 is 0. The molecule has 1 saturated heterocycles. The number of aliphatic hydroxyl groups is 4. The van der Waals surface area contributed by atoms with Crippen LogP contribution in [0, 0.1) is 5.92 Å². The molecule has 5 heteroatoms. The number of likely N-dealkylation sites (tertiary alicyclic amines) is 1. The smallest absolute Gasteiger partial charge is 0.109 e. The Balaban J connectivity index is 1.86. The maximum Gasteiger partial charge on any atom is 0.109 e. The Bertz CT molecular complexity index is 270. The van der Waals surface area contributed by atoms with Crippen molar-refractivity contribution in [1.82, 2.24) is 4.90 Å². The maximum atomic E-state index is 9.90. The second-order valence-corrected chi connectivity index (χ2v) is 6.09. The van der Waals surface area contributed by atoms with Gasteiger partial charge < -0.3 is 20.4 Å². The first-order valence-corrected chi connectivity index (χ1v) is 7.52. The van der Waals surface area contributed by atoms with Gasteiger partial charge in [-0.25, -0.2) is 0 Å². The zero-order chi connectivity index (χ0) is 13.8. The molecule has 2 aliphatic rings. The topological polar surface area (TPSA) is 84.2 Å². The Hall–Kier alpha value is -0.200. The van der Waals surface area contributed by atoms with E-state index in [1.165, 1.54) is 32.1 Å². The summed E-state index contributed by atoms with van der Waals surface area (Å²) in [7, 11) is 0. The zero-order valence-electron chi connectivity index (χ0n) is 11.5. The second-order valence-electron chi connectivity index (χ2n) is 6.09. The first-order chi connectivity index (χ1) is 9.13. The monoisotopic (exact) mass is 273 g/mol. The van der Waals surface area contributed by atoms with Crippen molar-refractivity contribution in [1.29, 1.82) is 0 Å². The molecule has 0 unspecified atom stereocenters. The van der Waals surface area contributed by atoms with Gasteiger partial charge in [-0.15, -0.1) is 0 Å². The van der Waals surface area contributed by atoms with Crippen LogP contribution in [0.5, 0.6) is 0 Å². The minimum absolute atomic E-state index is 0.185. The van der Waals surface area contributed by atoms with E-state index in [2.05, 4.69) is 0 Å². The van der Waals surface area contributed by atoms with E-state index in [0.717, 1.165) is 18.9 Å². The van der Waals surface area contributed by atoms with Gasteiger partial charge in [0, 0.05) is 6.54 Å². The molecule has 0 amide bonds.